The normalized spacial score (nSPS) is 13.9. The molecule has 184 valence electrons. The summed E-state index contributed by atoms with van der Waals surface area (Å²) < 4.78 is 12.3. The maximum Gasteiger partial charge on any atom is 0.317 e. The number of nitrogens with one attached hydrogen (secondary N) is 1. The maximum absolute atomic E-state index is 13.7. The monoisotopic (exact) mass is 478 g/mol. The first-order valence-corrected chi connectivity index (χ1v) is 11.8. The molecule has 0 radical (unpaired) electrons. The van der Waals surface area contributed by atoms with Crippen LogP contribution in [0.3, 0.4) is 0 Å². The molecule has 1 aliphatic rings. The van der Waals surface area contributed by atoms with Crippen LogP contribution in [0.4, 0.5) is 11.4 Å². The lowest BCUT2D eigenvalue weighted by Gasteiger charge is -2.23. The Kier molecular flexibility index (Phi) is 7.45. The summed E-state index contributed by atoms with van der Waals surface area (Å²) >= 11 is 0. The third kappa shape index (κ3) is 5.05. The minimum absolute atomic E-state index is 0.293. The molecule has 0 unspecified atom stereocenters. The largest absolute Gasteiger partial charge is 0.497 e. The highest BCUT2D eigenvalue weighted by Crippen LogP contribution is 2.32. The van der Waals surface area contributed by atoms with Crippen molar-refractivity contribution in [1.82, 2.24) is 15.2 Å². The molecule has 0 atom stereocenters. The van der Waals surface area contributed by atoms with E-state index in [9.17, 15) is 9.70 Å². The summed E-state index contributed by atoms with van der Waals surface area (Å²) in [5.41, 5.74) is 6.00. The van der Waals surface area contributed by atoms with Crippen molar-refractivity contribution in [2.24, 2.45) is 0 Å². The van der Waals surface area contributed by atoms with E-state index in [4.69, 9.17) is 14.6 Å². The lowest BCUT2D eigenvalue weighted by atomic mass is 9.91. The van der Waals surface area contributed by atoms with E-state index in [2.05, 4.69) is 5.43 Å². The molecule has 1 aliphatic heterocycles. The van der Waals surface area contributed by atoms with Gasteiger partial charge in [0.2, 0.25) is 0 Å². The fourth-order valence-corrected chi connectivity index (χ4v) is 4.30. The molecule has 1 N–H and O–H groups in total. The Morgan fingerprint density at radius 1 is 1.20 bits per heavy atom. The Bertz CT molecular complexity index is 1270. The summed E-state index contributed by atoms with van der Waals surface area (Å²) in [6.07, 6.45) is 1.78. The predicted octanol–water partition coefficient (Wildman–Crippen LogP) is 3.80. The Balaban J connectivity index is 1.96. The van der Waals surface area contributed by atoms with Crippen molar-refractivity contribution < 1.29 is 14.3 Å². The van der Waals surface area contributed by atoms with Gasteiger partial charge < -0.3 is 14.4 Å². The molecule has 0 aliphatic carbocycles. The number of aromatic nitrogens is 2. The summed E-state index contributed by atoms with van der Waals surface area (Å²) in [5.74, 6) is 0.983. The standard InChI is InChI=1S/C26H32N5O4/c1-5-29(3)25-17-22(20-7-6-8-21(15-20)34-4)28-30(26(25)32)24-16-19(18-11-13-35-14-12-18)9-10-23(24)31(33)27-2/h6-10,15-18H,5,11-14H2,1-4H3,(H,27,33)/q+1. The summed E-state index contributed by atoms with van der Waals surface area (Å²) in [5, 5.41) is 4.73. The molecular formula is C26H32N5O4+. The minimum atomic E-state index is -0.295. The first kappa shape index (κ1) is 24.4. The highest BCUT2D eigenvalue weighted by Gasteiger charge is 2.26. The van der Waals surface area contributed by atoms with Crippen molar-refractivity contribution in [3.05, 3.63) is 69.4 Å². The molecule has 4 rings (SSSR count). The molecule has 0 saturated carbocycles. The second-order valence-electron chi connectivity index (χ2n) is 8.53. The molecule has 0 bridgehead atoms. The van der Waals surface area contributed by atoms with Crippen molar-refractivity contribution >= 4 is 11.4 Å². The van der Waals surface area contributed by atoms with E-state index in [-0.39, 0.29) is 5.56 Å². The summed E-state index contributed by atoms with van der Waals surface area (Å²) in [7, 11) is 5.02. The number of hydrazine groups is 1. The zero-order valence-corrected chi connectivity index (χ0v) is 20.7. The van der Waals surface area contributed by atoms with Crippen molar-refractivity contribution in [1.29, 1.82) is 0 Å². The van der Waals surface area contributed by atoms with Gasteiger partial charge in [-0.3, -0.25) is 4.79 Å². The zero-order valence-electron chi connectivity index (χ0n) is 20.7. The van der Waals surface area contributed by atoms with E-state index in [1.165, 1.54) is 4.68 Å². The van der Waals surface area contributed by atoms with Gasteiger partial charge in [0.25, 0.3) is 5.56 Å². The van der Waals surface area contributed by atoms with Crippen molar-refractivity contribution in [2.45, 2.75) is 25.7 Å². The molecule has 9 heteroatoms. The third-order valence-electron chi connectivity index (χ3n) is 6.49. The SMILES string of the molecule is CCN(C)c1cc(-c2cccc(OC)c2)nn(-c2cc(C3CCOCC3)ccc2[N+](=O)NC)c1=O. The van der Waals surface area contributed by atoms with Gasteiger partial charge in [-0.25, -0.2) is 0 Å². The van der Waals surface area contributed by atoms with E-state index < -0.39 is 0 Å². The van der Waals surface area contributed by atoms with Crippen LogP contribution in [0.15, 0.2) is 53.3 Å². The van der Waals surface area contributed by atoms with Gasteiger partial charge in [-0.15, -0.1) is 5.43 Å². The fraction of sp³-hybridized carbons (Fsp3) is 0.385. The van der Waals surface area contributed by atoms with Crippen LogP contribution in [-0.4, -0.2) is 55.6 Å². The second-order valence-corrected chi connectivity index (χ2v) is 8.53. The molecule has 2 heterocycles. The number of nitrogens with zero attached hydrogens (tertiary/aromatic N) is 4. The van der Waals surface area contributed by atoms with E-state index in [1.54, 1.807) is 26.3 Å². The smallest absolute Gasteiger partial charge is 0.317 e. The van der Waals surface area contributed by atoms with Crippen LogP contribution in [0.1, 0.15) is 31.2 Å². The van der Waals surface area contributed by atoms with Crippen LogP contribution in [0.5, 0.6) is 5.75 Å². The Morgan fingerprint density at radius 2 is 1.97 bits per heavy atom. The van der Waals surface area contributed by atoms with Crippen LogP contribution in [0, 0.1) is 4.91 Å². The number of hydrogen-bond donors (Lipinski definition) is 1. The van der Waals surface area contributed by atoms with Crippen LogP contribution in [0.25, 0.3) is 16.9 Å². The van der Waals surface area contributed by atoms with Crippen LogP contribution in [0.2, 0.25) is 0 Å². The van der Waals surface area contributed by atoms with E-state index >= 15 is 0 Å². The van der Waals surface area contributed by atoms with Gasteiger partial charge in [-0.2, -0.15) is 9.78 Å². The average Bonchev–Trinajstić information content (AvgIpc) is 2.92. The van der Waals surface area contributed by atoms with Gasteiger partial charge in [-0.1, -0.05) is 18.2 Å². The lowest BCUT2D eigenvalue weighted by molar-refractivity contribution is -0.522. The summed E-state index contributed by atoms with van der Waals surface area (Å²) in [6, 6.07) is 14.9. The molecule has 1 aromatic heterocycles. The topological polar surface area (TPSA) is 88.7 Å². The predicted molar refractivity (Wildman–Crippen MR) is 136 cm³/mol. The van der Waals surface area contributed by atoms with Crippen LogP contribution in [-0.2, 0) is 4.74 Å². The highest BCUT2D eigenvalue weighted by atomic mass is 16.5. The molecule has 1 fully saturated rings. The first-order valence-electron chi connectivity index (χ1n) is 11.8. The number of anilines is 1. The third-order valence-corrected chi connectivity index (χ3v) is 6.49. The molecule has 35 heavy (non-hydrogen) atoms. The zero-order chi connectivity index (χ0) is 24.9. The van der Waals surface area contributed by atoms with E-state index in [1.807, 2.05) is 55.3 Å². The number of ether oxygens (including phenoxy) is 2. The quantitative estimate of drug-likeness (QED) is 0.389. The van der Waals surface area contributed by atoms with Crippen molar-refractivity contribution in [3.8, 4) is 22.7 Å². The van der Waals surface area contributed by atoms with Gasteiger partial charge in [0, 0.05) is 38.4 Å². The van der Waals surface area contributed by atoms with Crippen molar-refractivity contribution in [3.63, 3.8) is 0 Å². The van der Waals surface area contributed by atoms with Gasteiger partial charge >= 0.3 is 5.69 Å². The Labute approximate surface area is 204 Å². The number of rotatable bonds is 8. The van der Waals surface area contributed by atoms with Crippen LogP contribution >= 0.6 is 0 Å². The molecule has 1 saturated heterocycles. The molecule has 0 amide bonds. The fourth-order valence-electron chi connectivity index (χ4n) is 4.30. The van der Waals surface area contributed by atoms with Gasteiger partial charge in [0.1, 0.15) is 17.1 Å². The van der Waals surface area contributed by atoms with E-state index in [0.717, 1.165) is 24.0 Å². The summed E-state index contributed by atoms with van der Waals surface area (Å²) in [4.78, 5) is 29.0. The Hall–Kier alpha value is -3.72. The number of nitroso groups, excluding NO2 is 1. The van der Waals surface area contributed by atoms with Crippen LogP contribution < -0.4 is 20.6 Å². The number of hydrogen-bond acceptors (Lipinski definition) is 6. The number of benzene rings is 2. The molecule has 0 spiro atoms. The maximum atomic E-state index is 13.7. The van der Waals surface area contributed by atoms with Gasteiger partial charge in [0.15, 0.2) is 4.87 Å². The first-order chi connectivity index (χ1) is 17.0. The van der Waals surface area contributed by atoms with E-state index in [0.29, 0.717) is 59.1 Å². The lowest BCUT2D eigenvalue weighted by Crippen LogP contribution is -2.31. The van der Waals surface area contributed by atoms with Gasteiger partial charge in [-0.05, 0) is 55.5 Å². The summed E-state index contributed by atoms with van der Waals surface area (Å²) in [6.45, 7) is 4.00. The molecular weight excluding hydrogens is 446 g/mol. The minimum Gasteiger partial charge on any atom is -0.497 e. The van der Waals surface area contributed by atoms with Crippen molar-refractivity contribution in [2.75, 3.05) is 45.9 Å². The molecule has 2 aromatic carbocycles. The number of methoxy groups -OCH3 is 1. The van der Waals surface area contributed by atoms with Gasteiger partial charge in [0.05, 0.1) is 24.8 Å². The molecule has 9 nitrogen and oxygen atoms in total. The second kappa shape index (κ2) is 10.7. The Morgan fingerprint density at radius 3 is 2.66 bits per heavy atom. The average molecular weight is 479 g/mol. The molecule has 3 aromatic rings. The highest BCUT2D eigenvalue weighted by molar-refractivity contribution is 5.66.